The number of aryl methyl sites for hydroxylation is 1. The molecule has 8 nitrogen and oxygen atoms in total. The Morgan fingerprint density at radius 1 is 1.05 bits per heavy atom. The summed E-state index contributed by atoms with van der Waals surface area (Å²) in [7, 11) is 0. The molecule has 37 heavy (non-hydrogen) atoms. The third-order valence-corrected chi connectivity index (χ3v) is 7.56. The Morgan fingerprint density at radius 2 is 1.81 bits per heavy atom. The number of hydrogen-bond donors (Lipinski definition) is 2. The van der Waals surface area contributed by atoms with Gasteiger partial charge in [0.05, 0.1) is 22.0 Å². The van der Waals surface area contributed by atoms with E-state index in [0.29, 0.717) is 23.6 Å². The molecule has 0 saturated carbocycles. The van der Waals surface area contributed by atoms with Crippen molar-refractivity contribution >= 4 is 40.9 Å². The average Bonchev–Trinajstić information content (AvgIpc) is 3.52. The van der Waals surface area contributed by atoms with Crippen molar-refractivity contribution in [3.8, 4) is 28.4 Å². The van der Waals surface area contributed by atoms with Gasteiger partial charge in [-0.3, -0.25) is 9.59 Å². The van der Waals surface area contributed by atoms with Gasteiger partial charge in [-0.05, 0) is 67.1 Å². The van der Waals surface area contributed by atoms with E-state index >= 15 is 0 Å². The van der Waals surface area contributed by atoms with Crippen LogP contribution < -0.4 is 20.5 Å². The van der Waals surface area contributed by atoms with Gasteiger partial charge < -0.3 is 20.5 Å². The molecule has 1 aliphatic carbocycles. The molecule has 2 heterocycles. The summed E-state index contributed by atoms with van der Waals surface area (Å²) < 4.78 is 12.5. The molecule has 2 aliphatic rings. The van der Waals surface area contributed by atoms with E-state index in [1.54, 1.807) is 28.6 Å². The van der Waals surface area contributed by atoms with E-state index < -0.39 is 5.91 Å². The number of nitrogens with one attached hydrogen (secondary N) is 1. The Hall–Kier alpha value is -3.95. The highest BCUT2D eigenvalue weighted by atomic mass is 35.5. The Bertz CT molecular complexity index is 1580. The molecular formula is C27H21ClN4O4S. The quantitative estimate of drug-likeness (QED) is 0.346. The van der Waals surface area contributed by atoms with Crippen LogP contribution in [-0.2, 0) is 12.8 Å². The van der Waals surface area contributed by atoms with Crippen LogP contribution in [0, 0.1) is 0 Å². The first-order chi connectivity index (χ1) is 17.9. The summed E-state index contributed by atoms with van der Waals surface area (Å²) in [6.45, 7) is 0.0882. The van der Waals surface area contributed by atoms with Crippen molar-refractivity contribution < 1.29 is 19.1 Å². The molecule has 0 radical (unpaired) electrons. The summed E-state index contributed by atoms with van der Waals surface area (Å²) in [5.74, 6) is 0.0336. The van der Waals surface area contributed by atoms with E-state index in [1.807, 2.05) is 48.7 Å². The molecule has 3 aromatic carbocycles. The summed E-state index contributed by atoms with van der Waals surface area (Å²) in [4.78, 5) is 26.5. The second kappa shape index (κ2) is 9.17. The number of aromatic nitrogens is 2. The smallest absolute Gasteiger partial charge is 0.269 e. The van der Waals surface area contributed by atoms with Crippen molar-refractivity contribution in [1.82, 2.24) is 9.78 Å². The number of nitrogens with zero attached hydrogens (tertiary/aromatic N) is 2. The minimum atomic E-state index is -0.568. The summed E-state index contributed by atoms with van der Waals surface area (Å²) in [5.41, 5.74) is 11.2. The normalized spacial score (nSPS) is 13.1. The summed E-state index contributed by atoms with van der Waals surface area (Å²) in [6, 6.07) is 16.8. The number of nitrogens with two attached hydrogens (primary N) is 1. The van der Waals surface area contributed by atoms with Gasteiger partial charge in [0.15, 0.2) is 17.2 Å². The van der Waals surface area contributed by atoms with E-state index in [0.717, 1.165) is 39.4 Å². The molecule has 2 amide bonds. The first-order valence-electron chi connectivity index (χ1n) is 11.5. The number of fused-ring (bicyclic) bond motifs is 4. The molecule has 4 aromatic rings. The van der Waals surface area contributed by atoms with Gasteiger partial charge in [0.25, 0.3) is 11.8 Å². The summed E-state index contributed by atoms with van der Waals surface area (Å²) >= 11 is 7.99. The molecule has 3 N–H and O–H groups in total. The Kier molecular flexibility index (Phi) is 5.81. The largest absolute Gasteiger partial charge is 0.454 e. The van der Waals surface area contributed by atoms with Crippen LogP contribution >= 0.6 is 23.4 Å². The topological polar surface area (TPSA) is 108 Å². The number of halogens is 1. The fourth-order valence-corrected chi connectivity index (χ4v) is 5.36. The average molecular weight is 533 g/mol. The maximum atomic E-state index is 13.1. The first-order valence-corrected chi connectivity index (χ1v) is 13.1. The van der Waals surface area contributed by atoms with Gasteiger partial charge >= 0.3 is 0 Å². The number of ether oxygens (including phenoxy) is 2. The van der Waals surface area contributed by atoms with Crippen LogP contribution in [0.15, 0.2) is 59.5 Å². The van der Waals surface area contributed by atoms with Crippen molar-refractivity contribution in [2.75, 3.05) is 18.4 Å². The van der Waals surface area contributed by atoms with Gasteiger partial charge in [-0.25, -0.2) is 4.68 Å². The van der Waals surface area contributed by atoms with E-state index in [4.69, 9.17) is 26.8 Å². The van der Waals surface area contributed by atoms with Gasteiger partial charge in [-0.15, -0.1) is 11.8 Å². The molecule has 1 aromatic heterocycles. The molecule has 0 atom stereocenters. The number of benzene rings is 3. The van der Waals surface area contributed by atoms with Crippen LogP contribution in [0.5, 0.6) is 11.5 Å². The fraction of sp³-hybridized carbons (Fsp3) is 0.148. The zero-order valence-corrected chi connectivity index (χ0v) is 21.3. The molecule has 0 bridgehead atoms. The highest BCUT2D eigenvalue weighted by Crippen LogP contribution is 2.40. The second-order valence-corrected chi connectivity index (χ2v) is 9.95. The molecule has 0 saturated heterocycles. The zero-order valence-electron chi connectivity index (χ0n) is 19.7. The van der Waals surface area contributed by atoms with Crippen molar-refractivity contribution in [3.63, 3.8) is 0 Å². The van der Waals surface area contributed by atoms with Crippen molar-refractivity contribution in [1.29, 1.82) is 0 Å². The number of primary amides is 1. The van der Waals surface area contributed by atoms with E-state index in [9.17, 15) is 9.59 Å². The Labute approximate surface area is 221 Å². The molecule has 1 aliphatic heterocycles. The van der Waals surface area contributed by atoms with Gasteiger partial charge in [-0.1, -0.05) is 17.7 Å². The zero-order chi connectivity index (χ0) is 25.7. The Morgan fingerprint density at radius 3 is 2.54 bits per heavy atom. The van der Waals surface area contributed by atoms with E-state index in [2.05, 4.69) is 10.4 Å². The lowest BCUT2D eigenvalue weighted by Gasteiger charge is -2.20. The third-order valence-electron chi connectivity index (χ3n) is 6.51. The van der Waals surface area contributed by atoms with Crippen molar-refractivity contribution in [2.24, 2.45) is 5.73 Å². The van der Waals surface area contributed by atoms with Crippen molar-refractivity contribution in [3.05, 3.63) is 82.0 Å². The first kappa shape index (κ1) is 23.4. The number of rotatable bonds is 5. The SMILES string of the molecule is CSc1ccc(-n2nc(C(N)=O)c3c2-c2cc(NC(=O)c4cc5c(cc4Cl)OCO5)ccc2CC3)cc1. The maximum absolute atomic E-state index is 13.1. The minimum absolute atomic E-state index is 0.0882. The monoisotopic (exact) mass is 532 g/mol. The number of thioether (sulfide) groups is 1. The van der Waals surface area contributed by atoms with Gasteiger partial charge in [0.1, 0.15) is 0 Å². The second-order valence-electron chi connectivity index (χ2n) is 8.66. The predicted molar refractivity (Wildman–Crippen MR) is 142 cm³/mol. The fourth-order valence-electron chi connectivity index (χ4n) is 4.71. The lowest BCUT2D eigenvalue weighted by Crippen LogP contribution is -2.16. The van der Waals surface area contributed by atoms with Crippen LogP contribution in [0.1, 0.15) is 32.0 Å². The minimum Gasteiger partial charge on any atom is -0.454 e. The van der Waals surface area contributed by atoms with Gasteiger partial charge in [0, 0.05) is 27.8 Å². The molecule has 10 heteroatoms. The lowest BCUT2D eigenvalue weighted by molar-refractivity contribution is 0.0992. The number of anilines is 1. The number of amides is 2. The number of carbonyl (C=O) groups is 2. The van der Waals surface area contributed by atoms with Crippen LogP contribution in [-0.4, -0.2) is 34.6 Å². The van der Waals surface area contributed by atoms with E-state index in [1.165, 1.54) is 0 Å². The van der Waals surface area contributed by atoms with E-state index in [-0.39, 0.29) is 29.0 Å². The van der Waals surface area contributed by atoms with Gasteiger partial charge in [0.2, 0.25) is 6.79 Å². The highest BCUT2D eigenvalue weighted by Gasteiger charge is 2.29. The van der Waals surface area contributed by atoms with Crippen LogP contribution in [0.25, 0.3) is 16.9 Å². The molecule has 186 valence electrons. The molecule has 0 spiro atoms. The number of carbonyl (C=O) groups excluding carboxylic acids is 2. The maximum Gasteiger partial charge on any atom is 0.269 e. The number of hydrogen-bond acceptors (Lipinski definition) is 6. The Balaban J connectivity index is 1.40. The van der Waals surface area contributed by atoms with Crippen LogP contribution in [0.2, 0.25) is 5.02 Å². The molecule has 0 unspecified atom stereocenters. The third kappa shape index (κ3) is 4.10. The molecule has 6 rings (SSSR count). The van der Waals surface area contributed by atoms with Crippen molar-refractivity contribution in [2.45, 2.75) is 17.7 Å². The lowest BCUT2D eigenvalue weighted by atomic mass is 9.88. The van der Waals surface area contributed by atoms with Crippen LogP contribution in [0.4, 0.5) is 5.69 Å². The predicted octanol–water partition coefficient (Wildman–Crippen LogP) is 5.09. The standard InChI is InChI=1S/C27H21ClN4O4S/c1-37-17-7-5-16(6-8-17)32-25-18(24(31-32)26(29)33)9-3-14-2-4-15(10-19(14)25)30-27(34)20-11-22-23(12-21(20)28)36-13-35-22/h2,4-8,10-12H,3,9,13H2,1H3,(H2,29,33)(H,30,34). The molecular weight excluding hydrogens is 512 g/mol. The molecule has 0 fully saturated rings. The summed E-state index contributed by atoms with van der Waals surface area (Å²) in [5, 5.41) is 7.80. The van der Waals surface area contributed by atoms with Crippen LogP contribution in [0.3, 0.4) is 0 Å². The summed E-state index contributed by atoms with van der Waals surface area (Å²) in [6.07, 6.45) is 3.38. The highest BCUT2D eigenvalue weighted by molar-refractivity contribution is 7.98. The van der Waals surface area contributed by atoms with Gasteiger partial charge in [-0.2, -0.15) is 5.10 Å².